The van der Waals surface area contributed by atoms with Crippen LogP contribution in [0.5, 0.6) is 5.75 Å². The highest BCUT2D eigenvalue weighted by Crippen LogP contribution is 2.31. The van der Waals surface area contributed by atoms with Gasteiger partial charge in [0.25, 0.3) is 0 Å². The van der Waals surface area contributed by atoms with E-state index in [2.05, 4.69) is 16.8 Å². The lowest BCUT2D eigenvalue weighted by Crippen LogP contribution is -2.01. The van der Waals surface area contributed by atoms with Crippen LogP contribution in [0.3, 0.4) is 0 Å². The third-order valence-corrected chi connectivity index (χ3v) is 4.74. The van der Waals surface area contributed by atoms with Crippen molar-refractivity contribution in [2.24, 2.45) is 0 Å². The van der Waals surface area contributed by atoms with Crippen LogP contribution in [-0.2, 0) is 12.3 Å². The quantitative estimate of drug-likeness (QED) is 0.460. The van der Waals surface area contributed by atoms with Crippen LogP contribution < -0.4 is 4.74 Å². The number of hydrogen-bond donors (Lipinski definition) is 0. The Bertz CT molecular complexity index is 888. The Labute approximate surface area is 149 Å². The molecular weight excluding hydrogens is 341 g/mol. The Kier molecular flexibility index (Phi) is 5.23. The van der Waals surface area contributed by atoms with Crippen molar-refractivity contribution in [1.82, 2.24) is 14.8 Å². The van der Waals surface area contributed by atoms with Crippen molar-refractivity contribution in [2.75, 3.05) is 7.11 Å². The highest BCUT2D eigenvalue weighted by atomic mass is 32.2. The molecule has 0 amide bonds. The molecule has 0 saturated carbocycles. The second-order valence-corrected chi connectivity index (χ2v) is 6.28. The second-order valence-electron chi connectivity index (χ2n) is 5.34. The van der Waals surface area contributed by atoms with Gasteiger partial charge in [-0.15, -0.1) is 16.8 Å². The molecule has 130 valence electrons. The number of furan rings is 1. The van der Waals surface area contributed by atoms with Crippen LogP contribution in [0.2, 0.25) is 0 Å². The standard InChI is InChI=1S/C18H18FN3O2S/c1-4-8-22-17(15-7-9-24-12(15)2)20-21-18(22)25-11-13-10-14(19)5-6-16(13)23-3/h4-7,9-10H,1,8,11H2,2-3H3. The minimum Gasteiger partial charge on any atom is -0.496 e. The molecule has 0 N–H and O–H groups in total. The van der Waals surface area contributed by atoms with Gasteiger partial charge in [-0.1, -0.05) is 17.8 Å². The number of allylic oxidation sites excluding steroid dienone is 1. The normalized spacial score (nSPS) is 10.8. The average molecular weight is 359 g/mol. The number of rotatable bonds is 7. The molecular formula is C18H18FN3O2S. The number of methoxy groups -OCH3 is 1. The van der Waals surface area contributed by atoms with Crippen molar-refractivity contribution in [3.63, 3.8) is 0 Å². The van der Waals surface area contributed by atoms with Crippen LogP contribution in [0, 0.1) is 12.7 Å². The highest BCUT2D eigenvalue weighted by molar-refractivity contribution is 7.98. The molecule has 3 rings (SSSR count). The lowest BCUT2D eigenvalue weighted by atomic mass is 10.2. The lowest BCUT2D eigenvalue weighted by molar-refractivity contribution is 0.410. The summed E-state index contributed by atoms with van der Waals surface area (Å²) in [5, 5.41) is 9.29. The summed E-state index contributed by atoms with van der Waals surface area (Å²) in [6, 6.07) is 6.34. The molecule has 0 unspecified atom stereocenters. The van der Waals surface area contributed by atoms with E-state index in [9.17, 15) is 4.39 Å². The van der Waals surface area contributed by atoms with Gasteiger partial charge in [-0.05, 0) is 31.2 Å². The Balaban J connectivity index is 1.88. The van der Waals surface area contributed by atoms with Gasteiger partial charge in [0.15, 0.2) is 11.0 Å². The van der Waals surface area contributed by atoms with Gasteiger partial charge in [0, 0.05) is 17.9 Å². The van der Waals surface area contributed by atoms with Crippen LogP contribution >= 0.6 is 11.8 Å². The number of ether oxygens (including phenoxy) is 1. The molecule has 7 heteroatoms. The number of aromatic nitrogens is 3. The number of thioether (sulfide) groups is 1. The topological polar surface area (TPSA) is 53.1 Å². The van der Waals surface area contributed by atoms with E-state index in [1.807, 2.05) is 17.6 Å². The smallest absolute Gasteiger partial charge is 0.192 e. The molecule has 0 fully saturated rings. The van der Waals surface area contributed by atoms with Gasteiger partial charge >= 0.3 is 0 Å². The summed E-state index contributed by atoms with van der Waals surface area (Å²) in [6.45, 7) is 6.25. The summed E-state index contributed by atoms with van der Waals surface area (Å²) in [5.74, 6) is 2.37. The monoisotopic (exact) mass is 359 g/mol. The van der Waals surface area contributed by atoms with Crippen LogP contribution in [0.25, 0.3) is 11.4 Å². The second kappa shape index (κ2) is 7.57. The minimum atomic E-state index is -0.293. The van der Waals surface area contributed by atoms with Gasteiger partial charge < -0.3 is 9.15 Å². The Morgan fingerprint density at radius 1 is 1.36 bits per heavy atom. The third-order valence-electron chi connectivity index (χ3n) is 3.73. The molecule has 1 aromatic carbocycles. The van der Waals surface area contributed by atoms with Gasteiger partial charge in [-0.3, -0.25) is 4.57 Å². The van der Waals surface area contributed by atoms with Crippen LogP contribution in [0.4, 0.5) is 4.39 Å². The van der Waals surface area contributed by atoms with Crippen molar-refractivity contribution < 1.29 is 13.5 Å². The van der Waals surface area contributed by atoms with Gasteiger partial charge in [-0.25, -0.2) is 4.39 Å². The number of nitrogens with zero attached hydrogens (tertiary/aromatic N) is 3. The maximum absolute atomic E-state index is 13.5. The molecule has 0 atom stereocenters. The molecule has 2 aromatic heterocycles. The van der Waals surface area contributed by atoms with E-state index in [1.54, 1.807) is 25.5 Å². The zero-order valence-electron chi connectivity index (χ0n) is 14.0. The van der Waals surface area contributed by atoms with Crippen LogP contribution in [-0.4, -0.2) is 21.9 Å². The first-order valence-electron chi connectivity index (χ1n) is 7.67. The van der Waals surface area contributed by atoms with Crippen LogP contribution in [0.15, 0.2) is 52.8 Å². The zero-order valence-corrected chi connectivity index (χ0v) is 14.8. The molecule has 0 spiro atoms. The largest absolute Gasteiger partial charge is 0.496 e. The molecule has 0 aliphatic heterocycles. The maximum atomic E-state index is 13.5. The highest BCUT2D eigenvalue weighted by Gasteiger charge is 2.17. The van der Waals surface area contributed by atoms with Gasteiger partial charge in [0.1, 0.15) is 17.3 Å². The van der Waals surface area contributed by atoms with Crippen molar-refractivity contribution in [3.05, 3.63) is 60.3 Å². The van der Waals surface area contributed by atoms with E-state index in [-0.39, 0.29) is 5.82 Å². The minimum absolute atomic E-state index is 0.293. The number of halogens is 1. The van der Waals surface area contributed by atoms with Crippen molar-refractivity contribution in [3.8, 4) is 17.1 Å². The van der Waals surface area contributed by atoms with E-state index in [0.717, 1.165) is 27.9 Å². The van der Waals surface area contributed by atoms with Crippen molar-refractivity contribution >= 4 is 11.8 Å². The lowest BCUT2D eigenvalue weighted by Gasteiger charge is -2.09. The number of hydrogen-bond acceptors (Lipinski definition) is 5. The van der Waals surface area contributed by atoms with Gasteiger partial charge in [-0.2, -0.15) is 0 Å². The fourth-order valence-corrected chi connectivity index (χ4v) is 3.43. The zero-order chi connectivity index (χ0) is 17.8. The summed E-state index contributed by atoms with van der Waals surface area (Å²) in [7, 11) is 1.57. The Morgan fingerprint density at radius 3 is 2.88 bits per heavy atom. The number of benzene rings is 1. The third kappa shape index (κ3) is 3.61. The molecule has 0 aliphatic carbocycles. The predicted octanol–water partition coefficient (Wildman–Crippen LogP) is 4.47. The Hall–Kier alpha value is -2.54. The first kappa shape index (κ1) is 17.3. The van der Waals surface area contributed by atoms with Gasteiger partial charge in [0.05, 0.1) is 18.9 Å². The average Bonchev–Trinajstić information content (AvgIpc) is 3.19. The van der Waals surface area contributed by atoms with Crippen LogP contribution in [0.1, 0.15) is 11.3 Å². The maximum Gasteiger partial charge on any atom is 0.192 e. The van der Waals surface area contributed by atoms with Crippen molar-refractivity contribution in [1.29, 1.82) is 0 Å². The van der Waals surface area contributed by atoms with E-state index >= 15 is 0 Å². The van der Waals surface area contributed by atoms with E-state index in [4.69, 9.17) is 9.15 Å². The van der Waals surface area contributed by atoms with E-state index < -0.39 is 0 Å². The predicted molar refractivity (Wildman–Crippen MR) is 95.2 cm³/mol. The summed E-state index contributed by atoms with van der Waals surface area (Å²) in [5.41, 5.74) is 1.66. The van der Waals surface area contributed by atoms with Gasteiger partial charge in [0.2, 0.25) is 0 Å². The molecule has 0 bridgehead atoms. The molecule has 25 heavy (non-hydrogen) atoms. The SMILES string of the molecule is C=CCn1c(SCc2cc(F)ccc2OC)nnc1-c1ccoc1C. The molecule has 0 saturated heterocycles. The molecule has 0 aliphatic rings. The molecule has 3 aromatic rings. The Morgan fingerprint density at radius 2 is 2.20 bits per heavy atom. The summed E-state index contributed by atoms with van der Waals surface area (Å²) >= 11 is 1.47. The fraction of sp³-hybridized carbons (Fsp3) is 0.222. The first-order chi connectivity index (χ1) is 12.1. The van der Waals surface area contributed by atoms with Crippen molar-refractivity contribution in [2.45, 2.75) is 24.4 Å². The fourth-order valence-electron chi connectivity index (χ4n) is 2.51. The summed E-state index contributed by atoms with van der Waals surface area (Å²) < 4.78 is 26.1. The molecule has 2 heterocycles. The summed E-state index contributed by atoms with van der Waals surface area (Å²) in [6.07, 6.45) is 3.41. The van der Waals surface area contributed by atoms with E-state index in [0.29, 0.717) is 18.0 Å². The molecule has 0 radical (unpaired) electrons. The number of aryl methyl sites for hydroxylation is 1. The van der Waals surface area contributed by atoms with E-state index in [1.165, 1.54) is 23.9 Å². The first-order valence-corrected chi connectivity index (χ1v) is 8.66. The molecule has 5 nitrogen and oxygen atoms in total. The summed E-state index contributed by atoms with van der Waals surface area (Å²) in [4.78, 5) is 0.